The third-order valence-corrected chi connectivity index (χ3v) is 39.3. The molecule has 6 fully saturated rings. The van der Waals surface area contributed by atoms with Gasteiger partial charge >= 0.3 is 17.9 Å². The van der Waals surface area contributed by atoms with E-state index in [1.165, 1.54) is 170 Å². The minimum atomic E-state index is -1.02. The third-order valence-electron chi connectivity index (χ3n) is 39.3. The molecule has 3 aromatic carbocycles. The van der Waals surface area contributed by atoms with Crippen LogP contribution in [0, 0.1) is 143 Å². The van der Waals surface area contributed by atoms with Crippen molar-refractivity contribution in [2.24, 2.45) is 118 Å². The molecule has 0 aliphatic heterocycles. The molecule has 0 aromatic heterocycles. The number of allylic oxidation sites excluding steroid dienone is 12. The monoisotopic (exact) mass is 1670 g/mol. The van der Waals surface area contributed by atoms with Crippen molar-refractivity contribution in [2.45, 2.75) is 384 Å². The van der Waals surface area contributed by atoms with Crippen LogP contribution in [0.25, 0.3) is 4.85 Å². The number of ether oxygens (including phenoxy) is 3. The summed E-state index contributed by atoms with van der Waals surface area (Å²) in [6.07, 6.45) is 43.3. The third kappa shape index (κ3) is 16.2. The average Bonchev–Trinajstić information content (AvgIpc) is 1.38. The molecular formula is C113H161F2NO6. The number of nitrogens with zero attached hydrogens (tertiary/aromatic N) is 1. The lowest BCUT2D eigenvalue weighted by atomic mass is 9.43. The standard InChI is InChI=1S/C38H53NO2.C38H56O2.C37H52F2O2/c1-25(2)11-10-12-26(3)29-19-23-38(8)31-17-18-32-35(4,5)33(41-34(40)27-13-15-28(39-9)16-14-27)21-22-36(32,6)30(31)20-24-37(29,38)7;1-25(2)11-10-12-27(4)29-19-23-38(9)31-17-18-32-35(5,6)33(40-34(39)28-15-13-26(3)14-16-28)21-22-36(32,7)30(31)20-24-37(29,38)8;1-23(2)10-9-11-24(3)26-16-20-37(8)28-13-15-31-34(4,5)32(41-33(40)25-12-14-29(38)30(39)22-25)18-19-35(31,6)27(28)17-21-36(26,37)7/h11,13-16,26,29,32-33H,10,12,17-24H2,1-8H3;11,13-16,27,29,32-33H,10,12,17-24H2,1-9H3;10,12,14,22,24,26,31-32H,9,11,13,15-21H2,1-8H3/t26-,29-,32?,33+,36-,37-,38+;27-,29-,32?,33+,36-,37-,38+;24-,26-,31?,32+,35-,36-,37+/m111/s1. The summed E-state index contributed by atoms with van der Waals surface area (Å²) < 4.78 is 45.9. The van der Waals surface area contributed by atoms with E-state index in [4.69, 9.17) is 20.8 Å². The van der Waals surface area contributed by atoms with Gasteiger partial charge in [-0.1, -0.05) is 235 Å². The molecule has 0 saturated heterocycles. The highest BCUT2D eigenvalue weighted by Crippen LogP contribution is 2.77. The summed E-state index contributed by atoms with van der Waals surface area (Å²) in [7, 11) is 0. The molecule has 3 aromatic rings. The largest absolute Gasteiger partial charge is 0.458 e. The first-order valence-electron chi connectivity index (χ1n) is 48.9. The second-order valence-electron chi connectivity index (χ2n) is 47.0. The van der Waals surface area contributed by atoms with Crippen LogP contribution in [0.5, 0.6) is 0 Å². The Bertz CT molecular complexity index is 4630. The van der Waals surface area contributed by atoms with Gasteiger partial charge in [0.25, 0.3) is 0 Å². The highest BCUT2D eigenvalue weighted by atomic mass is 19.2. The molecule has 7 nitrogen and oxygen atoms in total. The quantitative estimate of drug-likeness (QED) is 0.0546. The first kappa shape index (κ1) is 93.5. The van der Waals surface area contributed by atoms with Crippen molar-refractivity contribution in [1.82, 2.24) is 0 Å². The molecule has 668 valence electrons. The Morgan fingerprint density at radius 3 is 0.975 bits per heavy atom. The SMILES string of the molecule is CC(C)=CCC[C@@H](C)[C@H]1CC[C@@]2(C)C3=C(CC[C@]12C)[C@@]1(C)CC[C@H](OC(=O)c2ccc(C)cc2)C(C)(C)C1CC3.CC(C)=CCC[C@@H](C)[C@H]1CC[C@@]2(C)C3=C(CC[C@]12C)[C@@]1(C)CC[C@H](OC(=O)c2ccc(F)c(F)c2)C(C)(C)C1CC3.[C-]#[N+]c1ccc(C(=O)O[C@H]2CC[C@]3(C)C4=C(CCC3C2(C)C)[C@]2(C)CC[C@H]([C@H](C)CCC=C(C)C)[C@@]2(C)CC4)cc1. The molecule has 21 atom stereocenters. The van der Waals surface area contributed by atoms with Gasteiger partial charge in [-0.05, 0) is 373 Å². The highest BCUT2D eigenvalue weighted by molar-refractivity contribution is 5.91. The van der Waals surface area contributed by atoms with Crippen molar-refractivity contribution in [2.75, 3.05) is 0 Å². The van der Waals surface area contributed by atoms with Crippen molar-refractivity contribution in [3.63, 3.8) is 0 Å². The fourth-order valence-corrected chi connectivity index (χ4v) is 31.6. The van der Waals surface area contributed by atoms with Crippen molar-refractivity contribution in [1.29, 1.82) is 0 Å². The van der Waals surface area contributed by atoms with Crippen LogP contribution < -0.4 is 0 Å². The Kier molecular flexibility index (Phi) is 26.7. The lowest BCUT2D eigenvalue weighted by molar-refractivity contribution is -0.104. The van der Waals surface area contributed by atoms with Crippen molar-refractivity contribution >= 4 is 23.6 Å². The lowest BCUT2D eigenvalue weighted by Gasteiger charge is -2.62. The number of fused-ring (bicyclic) bond motifs is 12. The van der Waals surface area contributed by atoms with Crippen molar-refractivity contribution in [3.8, 4) is 0 Å². The second-order valence-corrected chi connectivity index (χ2v) is 47.0. The summed E-state index contributed by atoms with van der Waals surface area (Å²) in [5, 5.41) is 0. The molecule has 0 N–H and O–H groups in total. The molecule has 3 unspecified atom stereocenters. The topological polar surface area (TPSA) is 83.3 Å². The number of halogens is 2. The maximum Gasteiger partial charge on any atom is 0.338 e. The van der Waals surface area contributed by atoms with Gasteiger partial charge in [0.2, 0.25) is 0 Å². The van der Waals surface area contributed by atoms with Crippen LogP contribution in [0.1, 0.15) is 395 Å². The van der Waals surface area contributed by atoms with E-state index in [0.717, 1.165) is 99.0 Å². The smallest absolute Gasteiger partial charge is 0.338 e. The van der Waals surface area contributed by atoms with Gasteiger partial charge in [-0.25, -0.2) is 28.0 Å². The maximum absolute atomic E-state index is 13.8. The van der Waals surface area contributed by atoms with Crippen molar-refractivity contribution in [3.05, 3.63) is 180 Å². The summed E-state index contributed by atoms with van der Waals surface area (Å²) in [5.74, 6) is 3.26. The van der Waals surface area contributed by atoms with Gasteiger partial charge in [-0.15, -0.1) is 0 Å². The zero-order valence-electron chi connectivity index (χ0n) is 80.9. The van der Waals surface area contributed by atoms with E-state index in [9.17, 15) is 23.2 Å². The number of esters is 3. The Morgan fingerprint density at radius 1 is 0.385 bits per heavy atom. The summed E-state index contributed by atoms with van der Waals surface area (Å²) >= 11 is 0. The average molecular weight is 1670 g/mol. The Balaban J connectivity index is 0.000000158. The fraction of sp³-hybridized carbons (Fsp3) is 0.699. The molecule has 0 heterocycles. The van der Waals surface area contributed by atoms with Crippen LogP contribution in [0.3, 0.4) is 0 Å². The number of carbonyl (C=O) groups excluding carboxylic acids is 3. The first-order valence-corrected chi connectivity index (χ1v) is 48.9. The minimum Gasteiger partial charge on any atom is -0.458 e. The van der Waals surface area contributed by atoms with Crippen LogP contribution in [0.2, 0.25) is 0 Å². The van der Waals surface area contributed by atoms with E-state index >= 15 is 0 Å². The van der Waals surface area contributed by atoms with E-state index in [-0.39, 0.29) is 73.7 Å². The van der Waals surface area contributed by atoms with E-state index in [1.807, 2.05) is 41.0 Å². The van der Waals surface area contributed by atoms with Gasteiger partial charge in [-0.2, -0.15) is 0 Å². The summed E-state index contributed by atoms with van der Waals surface area (Å²) in [5.41, 5.74) is 20.4. The van der Waals surface area contributed by atoms with E-state index in [1.54, 1.807) is 41.0 Å². The number of hydrogen-bond donors (Lipinski definition) is 0. The zero-order chi connectivity index (χ0) is 88.8. The second kappa shape index (κ2) is 34.8. The minimum absolute atomic E-state index is 0.0245. The normalized spacial score (nSPS) is 36.7. The predicted molar refractivity (Wildman–Crippen MR) is 498 cm³/mol. The van der Waals surface area contributed by atoms with Crippen LogP contribution in [-0.2, 0) is 14.2 Å². The van der Waals surface area contributed by atoms with Crippen LogP contribution >= 0.6 is 0 Å². The van der Waals surface area contributed by atoms with E-state index < -0.39 is 17.6 Å². The van der Waals surface area contributed by atoms with Gasteiger partial charge in [-0.3, -0.25) is 0 Å². The van der Waals surface area contributed by atoms with E-state index in [2.05, 4.69) is 196 Å². The molecule has 12 aliphatic carbocycles. The number of benzene rings is 3. The summed E-state index contributed by atoms with van der Waals surface area (Å²) in [6.45, 7) is 67.7. The predicted octanol–water partition coefficient (Wildman–Crippen LogP) is 32.2. The molecule has 0 bridgehead atoms. The van der Waals surface area contributed by atoms with Crippen LogP contribution in [0.4, 0.5) is 14.5 Å². The van der Waals surface area contributed by atoms with Crippen molar-refractivity contribution < 1.29 is 37.4 Å². The van der Waals surface area contributed by atoms with E-state index in [0.29, 0.717) is 61.6 Å². The molecule has 9 heteroatoms. The number of hydrogen-bond acceptors (Lipinski definition) is 6. The number of carbonyl (C=O) groups is 3. The molecule has 0 spiro atoms. The maximum atomic E-state index is 13.8. The van der Waals surface area contributed by atoms with Gasteiger partial charge in [0.15, 0.2) is 17.3 Å². The summed E-state index contributed by atoms with van der Waals surface area (Å²) in [6, 6.07) is 18.0. The molecular weight excluding hydrogens is 1510 g/mol. The zero-order valence-corrected chi connectivity index (χ0v) is 80.9. The highest BCUT2D eigenvalue weighted by Gasteiger charge is 2.68. The molecule has 6 saturated carbocycles. The Morgan fingerprint density at radius 2 is 0.680 bits per heavy atom. The molecule has 12 aliphatic rings. The Hall–Kier alpha value is -6.14. The molecule has 0 radical (unpaired) electrons. The van der Waals surface area contributed by atoms with Gasteiger partial charge < -0.3 is 14.2 Å². The van der Waals surface area contributed by atoms with Gasteiger partial charge in [0.1, 0.15) is 18.3 Å². The number of rotatable bonds is 18. The number of aryl methyl sites for hydroxylation is 1. The molecule has 0 amide bonds. The molecule has 122 heavy (non-hydrogen) atoms. The summed E-state index contributed by atoms with van der Waals surface area (Å²) in [4.78, 5) is 42.7. The van der Waals surface area contributed by atoms with Gasteiger partial charge in [0.05, 0.1) is 23.3 Å². The van der Waals surface area contributed by atoms with Gasteiger partial charge in [0, 0.05) is 16.2 Å². The van der Waals surface area contributed by atoms with Crippen LogP contribution in [0.15, 0.2) is 135 Å². The first-order chi connectivity index (χ1) is 57.2. The Labute approximate surface area is 739 Å². The molecule has 15 rings (SSSR count). The lowest BCUT2D eigenvalue weighted by Crippen LogP contribution is -2.55. The van der Waals surface area contributed by atoms with Crippen LogP contribution in [-0.4, -0.2) is 36.2 Å². The fourth-order valence-electron chi connectivity index (χ4n) is 31.6.